The van der Waals surface area contributed by atoms with Crippen molar-refractivity contribution >= 4 is 0 Å². The monoisotopic (exact) mass is 160 g/mol. The summed E-state index contributed by atoms with van der Waals surface area (Å²) in [6.45, 7) is 3.71. The molecule has 0 aliphatic carbocycles. The Bertz CT molecular complexity index is 89.6. The predicted octanol–water partition coefficient (Wildman–Crippen LogP) is 1.70. The van der Waals surface area contributed by atoms with Crippen LogP contribution in [0.1, 0.15) is 46.0 Å². The maximum absolute atomic E-state index is 9.37. The van der Waals surface area contributed by atoms with Gasteiger partial charge in [0.1, 0.15) is 0 Å². The third kappa shape index (κ3) is 6.32. The Balaban J connectivity index is 3.23. The number of aliphatic hydroxyl groups is 2. The van der Waals surface area contributed by atoms with Crippen LogP contribution in [0.3, 0.4) is 0 Å². The van der Waals surface area contributed by atoms with Gasteiger partial charge in [-0.05, 0) is 13.3 Å². The fraction of sp³-hybridized carbons (Fsp3) is 1.00. The molecule has 68 valence electrons. The lowest BCUT2D eigenvalue weighted by Gasteiger charge is -2.19. The molecule has 0 fully saturated rings. The SMILES string of the molecule is CCCCCC[C@@](C)(O)CO. The average Bonchev–Trinajstić information content (AvgIpc) is 1.99. The summed E-state index contributed by atoms with van der Waals surface area (Å²) in [4.78, 5) is 0. The van der Waals surface area contributed by atoms with Crippen molar-refractivity contribution in [1.82, 2.24) is 0 Å². The van der Waals surface area contributed by atoms with Crippen LogP contribution in [0.5, 0.6) is 0 Å². The minimum absolute atomic E-state index is 0.126. The second kappa shape index (κ2) is 5.56. The highest BCUT2D eigenvalue weighted by molar-refractivity contribution is 4.69. The maximum atomic E-state index is 9.37. The van der Waals surface area contributed by atoms with Gasteiger partial charge in [0.15, 0.2) is 0 Å². The Hall–Kier alpha value is -0.0800. The molecular weight excluding hydrogens is 140 g/mol. The zero-order valence-electron chi connectivity index (χ0n) is 7.64. The normalized spacial score (nSPS) is 16.4. The zero-order chi connectivity index (χ0) is 8.74. The van der Waals surface area contributed by atoms with E-state index in [2.05, 4.69) is 6.92 Å². The van der Waals surface area contributed by atoms with Crippen LogP contribution < -0.4 is 0 Å². The van der Waals surface area contributed by atoms with Gasteiger partial charge in [-0.25, -0.2) is 0 Å². The van der Waals surface area contributed by atoms with Gasteiger partial charge in [-0.2, -0.15) is 0 Å². The molecular formula is C9H20O2. The molecule has 0 bridgehead atoms. The van der Waals surface area contributed by atoms with E-state index in [1.807, 2.05) is 0 Å². The van der Waals surface area contributed by atoms with Gasteiger partial charge in [0.25, 0.3) is 0 Å². The van der Waals surface area contributed by atoms with E-state index in [0.29, 0.717) is 6.42 Å². The Morgan fingerprint density at radius 3 is 2.27 bits per heavy atom. The molecule has 0 rings (SSSR count). The number of hydrogen-bond donors (Lipinski definition) is 2. The molecule has 0 radical (unpaired) electrons. The molecule has 0 aliphatic rings. The summed E-state index contributed by atoms with van der Waals surface area (Å²) in [7, 11) is 0. The van der Waals surface area contributed by atoms with Crippen molar-refractivity contribution in [1.29, 1.82) is 0 Å². The lowest BCUT2D eigenvalue weighted by molar-refractivity contribution is -0.00693. The molecule has 0 amide bonds. The van der Waals surface area contributed by atoms with Crippen LogP contribution in [-0.4, -0.2) is 22.4 Å². The molecule has 0 heterocycles. The van der Waals surface area contributed by atoms with Gasteiger partial charge in [-0.1, -0.05) is 32.6 Å². The highest BCUT2D eigenvalue weighted by atomic mass is 16.3. The Morgan fingerprint density at radius 2 is 1.82 bits per heavy atom. The number of unbranched alkanes of at least 4 members (excludes halogenated alkanes) is 3. The Morgan fingerprint density at radius 1 is 1.18 bits per heavy atom. The van der Waals surface area contributed by atoms with Crippen LogP contribution in [0.15, 0.2) is 0 Å². The summed E-state index contributed by atoms with van der Waals surface area (Å²) in [5.41, 5.74) is -0.853. The molecule has 0 unspecified atom stereocenters. The van der Waals surface area contributed by atoms with E-state index in [-0.39, 0.29) is 6.61 Å². The smallest absolute Gasteiger partial charge is 0.0849 e. The van der Waals surface area contributed by atoms with Gasteiger partial charge < -0.3 is 10.2 Å². The van der Waals surface area contributed by atoms with Gasteiger partial charge in [-0.15, -0.1) is 0 Å². The fourth-order valence-corrected chi connectivity index (χ4v) is 1.01. The maximum Gasteiger partial charge on any atom is 0.0849 e. The molecule has 0 aromatic rings. The lowest BCUT2D eigenvalue weighted by atomic mass is 9.99. The highest BCUT2D eigenvalue weighted by Crippen LogP contribution is 2.13. The minimum atomic E-state index is -0.853. The minimum Gasteiger partial charge on any atom is -0.393 e. The van der Waals surface area contributed by atoms with Gasteiger partial charge in [0, 0.05) is 0 Å². The van der Waals surface area contributed by atoms with Crippen molar-refractivity contribution in [2.24, 2.45) is 0 Å². The molecule has 0 aliphatic heterocycles. The van der Waals surface area contributed by atoms with Crippen molar-refractivity contribution in [2.45, 2.75) is 51.6 Å². The fourth-order valence-electron chi connectivity index (χ4n) is 1.01. The van der Waals surface area contributed by atoms with Crippen LogP contribution in [0.2, 0.25) is 0 Å². The van der Waals surface area contributed by atoms with Crippen LogP contribution in [-0.2, 0) is 0 Å². The largest absolute Gasteiger partial charge is 0.393 e. The van der Waals surface area contributed by atoms with Crippen LogP contribution >= 0.6 is 0 Å². The van der Waals surface area contributed by atoms with Gasteiger partial charge in [0.05, 0.1) is 12.2 Å². The van der Waals surface area contributed by atoms with Crippen LogP contribution in [0, 0.1) is 0 Å². The summed E-state index contributed by atoms with van der Waals surface area (Å²) in [5, 5.41) is 18.1. The molecule has 0 saturated heterocycles. The van der Waals surface area contributed by atoms with E-state index in [0.717, 1.165) is 12.8 Å². The topological polar surface area (TPSA) is 40.5 Å². The first kappa shape index (κ1) is 10.9. The average molecular weight is 160 g/mol. The highest BCUT2D eigenvalue weighted by Gasteiger charge is 2.17. The zero-order valence-corrected chi connectivity index (χ0v) is 7.64. The second-order valence-corrected chi connectivity index (χ2v) is 3.47. The molecule has 0 spiro atoms. The summed E-state index contributed by atoms with van der Waals surface area (Å²) in [6, 6.07) is 0. The first-order valence-corrected chi connectivity index (χ1v) is 4.45. The second-order valence-electron chi connectivity index (χ2n) is 3.47. The summed E-state index contributed by atoms with van der Waals surface area (Å²) < 4.78 is 0. The van der Waals surface area contributed by atoms with Crippen LogP contribution in [0.25, 0.3) is 0 Å². The lowest BCUT2D eigenvalue weighted by Crippen LogP contribution is -2.28. The van der Waals surface area contributed by atoms with Gasteiger partial charge in [-0.3, -0.25) is 0 Å². The third-order valence-corrected chi connectivity index (χ3v) is 1.91. The van der Waals surface area contributed by atoms with Crippen LogP contribution in [0.4, 0.5) is 0 Å². The van der Waals surface area contributed by atoms with Crippen molar-refractivity contribution in [2.75, 3.05) is 6.61 Å². The standard InChI is InChI=1S/C9H20O2/c1-3-4-5-6-7-9(2,11)8-10/h10-11H,3-8H2,1-2H3/t9-/m1/s1. The van der Waals surface area contributed by atoms with Crippen molar-refractivity contribution in [3.05, 3.63) is 0 Å². The number of rotatable bonds is 6. The Kier molecular flexibility index (Phi) is 5.51. The van der Waals surface area contributed by atoms with Gasteiger partial charge >= 0.3 is 0 Å². The third-order valence-electron chi connectivity index (χ3n) is 1.91. The van der Waals surface area contributed by atoms with E-state index in [4.69, 9.17) is 5.11 Å². The van der Waals surface area contributed by atoms with E-state index in [9.17, 15) is 5.11 Å². The first-order chi connectivity index (χ1) is 5.12. The summed E-state index contributed by atoms with van der Waals surface area (Å²) >= 11 is 0. The van der Waals surface area contributed by atoms with E-state index >= 15 is 0 Å². The van der Waals surface area contributed by atoms with Crippen molar-refractivity contribution in [3.63, 3.8) is 0 Å². The summed E-state index contributed by atoms with van der Waals surface area (Å²) in [6.07, 6.45) is 5.32. The van der Waals surface area contributed by atoms with Gasteiger partial charge in [0.2, 0.25) is 0 Å². The van der Waals surface area contributed by atoms with Crippen molar-refractivity contribution in [3.8, 4) is 0 Å². The molecule has 11 heavy (non-hydrogen) atoms. The molecule has 2 heteroatoms. The molecule has 0 saturated carbocycles. The van der Waals surface area contributed by atoms with E-state index < -0.39 is 5.60 Å². The molecule has 2 nitrogen and oxygen atoms in total. The predicted molar refractivity (Wildman–Crippen MR) is 46.5 cm³/mol. The number of hydrogen-bond acceptors (Lipinski definition) is 2. The molecule has 0 aromatic heterocycles. The molecule has 0 aromatic carbocycles. The molecule has 1 atom stereocenters. The molecule has 2 N–H and O–H groups in total. The van der Waals surface area contributed by atoms with Crippen molar-refractivity contribution < 1.29 is 10.2 Å². The van der Waals surface area contributed by atoms with E-state index in [1.54, 1.807) is 6.92 Å². The quantitative estimate of drug-likeness (QED) is 0.581. The Labute approximate surface area is 69.2 Å². The number of aliphatic hydroxyl groups excluding tert-OH is 1. The summed E-state index contributed by atoms with van der Waals surface area (Å²) in [5.74, 6) is 0. The first-order valence-electron chi connectivity index (χ1n) is 4.45. The van der Waals surface area contributed by atoms with E-state index in [1.165, 1.54) is 12.8 Å².